The van der Waals surface area contributed by atoms with E-state index < -0.39 is 14.4 Å². The Kier molecular flexibility index (Phi) is 4.34. The number of rotatable bonds is 2. The second kappa shape index (κ2) is 5.34. The zero-order chi connectivity index (χ0) is 12.2. The molecule has 1 aromatic rings. The van der Waals surface area contributed by atoms with Gasteiger partial charge in [-0.1, -0.05) is 42.7 Å². The highest BCUT2D eigenvalue weighted by Gasteiger charge is 2.11. The van der Waals surface area contributed by atoms with Crippen LogP contribution in [0.3, 0.4) is 0 Å². The fourth-order valence-corrected chi connectivity index (χ4v) is 3.51. The maximum Gasteiger partial charge on any atom is 0.153 e. The molecule has 86 valence electrons. The summed E-state index contributed by atoms with van der Waals surface area (Å²) < 4.78 is 0. The van der Waals surface area contributed by atoms with Gasteiger partial charge in [0, 0.05) is 0 Å². The van der Waals surface area contributed by atoms with Crippen LogP contribution in [0.4, 0.5) is 0 Å². The van der Waals surface area contributed by atoms with Crippen LogP contribution in [0.1, 0.15) is 26.3 Å². The molecule has 1 rings (SSSR count). The first-order valence-corrected chi connectivity index (χ1v) is 7.71. The fourth-order valence-electron chi connectivity index (χ4n) is 1.48. The number of aryl methyl sites for hydroxylation is 1. The zero-order valence-corrected chi connectivity index (χ0v) is 11.7. The van der Waals surface area contributed by atoms with Crippen molar-refractivity contribution in [2.45, 2.75) is 39.3 Å². The highest BCUT2D eigenvalue weighted by molar-refractivity contribution is 6.80. The summed E-state index contributed by atoms with van der Waals surface area (Å²) in [6.07, 6.45) is 0. The van der Waals surface area contributed by atoms with Gasteiger partial charge in [-0.2, -0.15) is 0 Å². The van der Waals surface area contributed by atoms with Crippen molar-refractivity contribution >= 4 is 14.0 Å². The molecule has 0 fully saturated rings. The second-order valence-electron chi connectivity index (χ2n) is 4.70. The third kappa shape index (κ3) is 4.22. The number of benzene rings is 1. The summed E-state index contributed by atoms with van der Waals surface area (Å²) in [6.45, 7) is 7.73. The van der Waals surface area contributed by atoms with Gasteiger partial charge in [-0.15, -0.1) is 5.54 Å². The molecule has 1 unspecified atom stereocenters. The molecule has 2 heteroatoms. The third-order valence-electron chi connectivity index (χ3n) is 2.44. The predicted octanol–water partition coefficient (Wildman–Crippen LogP) is 1.76. The van der Waals surface area contributed by atoms with Gasteiger partial charge in [0.15, 0.2) is 8.80 Å². The fraction of sp³-hybridized carbons (Fsp3) is 0.429. The van der Waals surface area contributed by atoms with E-state index in [2.05, 4.69) is 49.6 Å². The molecule has 1 aromatic carbocycles. The van der Waals surface area contributed by atoms with Crippen molar-refractivity contribution in [3.63, 3.8) is 0 Å². The van der Waals surface area contributed by atoms with Crippen LogP contribution in [0, 0.1) is 18.4 Å². The molecule has 1 nitrogen and oxygen atoms in total. The number of hydrogen-bond donors (Lipinski definition) is 1. The Morgan fingerprint density at radius 2 is 1.81 bits per heavy atom. The monoisotopic (exact) mass is 232 g/mol. The minimum absolute atomic E-state index is 0.870. The van der Waals surface area contributed by atoms with E-state index in [9.17, 15) is 5.11 Å². The van der Waals surface area contributed by atoms with Gasteiger partial charge in [-0.05, 0) is 32.0 Å². The molecular weight excluding hydrogens is 212 g/mol. The van der Waals surface area contributed by atoms with E-state index in [0.29, 0.717) is 0 Å². The Hall–Kier alpha value is -1.04. The van der Waals surface area contributed by atoms with Crippen LogP contribution >= 0.6 is 0 Å². The Labute approximate surface area is 100 Å². The highest BCUT2D eigenvalue weighted by Crippen LogP contribution is 2.00. The average Bonchev–Trinajstić information content (AvgIpc) is 2.20. The summed E-state index contributed by atoms with van der Waals surface area (Å²) in [7, 11) is -1.21. The molecule has 0 aromatic heterocycles. The zero-order valence-electron chi connectivity index (χ0n) is 10.5. The molecule has 0 saturated heterocycles. The summed E-state index contributed by atoms with van der Waals surface area (Å²) in [5.41, 5.74) is 3.69. The molecule has 0 radical (unpaired) electrons. The summed E-state index contributed by atoms with van der Waals surface area (Å²) in [4.78, 5) is 0. The van der Waals surface area contributed by atoms with Gasteiger partial charge >= 0.3 is 0 Å². The second-order valence-corrected chi connectivity index (χ2v) is 7.58. The lowest BCUT2D eigenvalue weighted by molar-refractivity contribution is 0.143. The molecule has 0 aliphatic heterocycles. The van der Waals surface area contributed by atoms with E-state index in [1.807, 2.05) is 0 Å². The van der Waals surface area contributed by atoms with E-state index >= 15 is 0 Å². The van der Waals surface area contributed by atoms with Gasteiger partial charge in [0.05, 0.1) is 0 Å². The maximum absolute atomic E-state index is 9.60. The molecule has 0 heterocycles. The molecule has 0 spiro atoms. The molecule has 0 aliphatic carbocycles. The molecule has 0 saturated carbocycles. The van der Waals surface area contributed by atoms with Gasteiger partial charge in [0.25, 0.3) is 0 Å². The van der Waals surface area contributed by atoms with Gasteiger partial charge < -0.3 is 5.11 Å². The first-order chi connectivity index (χ1) is 7.42. The topological polar surface area (TPSA) is 20.2 Å². The van der Waals surface area contributed by atoms with Crippen LogP contribution < -0.4 is 5.19 Å². The molecule has 0 aliphatic rings. The quantitative estimate of drug-likeness (QED) is 0.608. The van der Waals surface area contributed by atoms with Crippen LogP contribution in [0.2, 0.25) is 6.04 Å². The predicted molar refractivity (Wildman–Crippen MR) is 72.5 cm³/mol. The van der Waals surface area contributed by atoms with E-state index in [4.69, 9.17) is 0 Å². The summed E-state index contributed by atoms with van der Waals surface area (Å²) in [6, 6.07) is 9.73. The van der Waals surface area contributed by atoms with E-state index in [-0.39, 0.29) is 0 Å². The molecule has 0 bridgehead atoms. The van der Waals surface area contributed by atoms with Crippen LogP contribution in [0.25, 0.3) is 0 Å². The Bertz CT molecular complexity index is 389. The van der Waals surface area contributed by atoms with Gasteiger partial charge in [0.1, 0.15) is 5.60 Å². The van der Waals surface area contributed by atoms with Crippen LogP contribution in [0.5, 0.6) is 0 Å². The lowest BCUT2D eigenvalue weighted by atomic mass is 10.2. The largest absolute Gasteiger partial charge is 0.378 e. The average molecular weight is 232 g/mol. The smallest absolute Gasteiger partial charge is 0.153 e. The van der Waals surface area contributed by atoms with Crippen molar-refractivity contribution in [1.29, 1.82) is 0 Å². The first-order valence-electron chi connectivity index (χ1n) is 5.74. The number of hydrogen-bond acceptors (Lipinski definition) is 1. The molecule has 1 atom stereocenters. The van der Waals surface area contributed by atoms with Crippen LogP contribution in [-0.4, -0.2) is 19.5 Å². The lowest BCUT2D eigenvalue weighted by Crippen LogP contribution is -2.28. The third-order valence-corrected chi connectivity index (χ3v) is 4.94. The van der Waals surface area contributed by atoms with Crippen molar-refractivity contribution in [3.05, 3.63) is 29.8 Å². The summed E-state index contributed by atoms with van der Waals surface area (Å²) in [5, 5.41) is 11.0. The van der Waals surface area contributed by atoms with Crippen LogP contribution in [0.15, 0.2) is 24.3 Å². The molecular formula is C14H20OSi. The van der Waals surface area contributed by atoms with Crippen molar-refractivity contribution in [2.24, 2.45) is 0 Å². The summed E-state index contributed by atoms with van der Waals surface area (Å²) >= 11 is 0. The van der Waals surface area contributed by atoms with Gasteiger partial charge in [-0.3, -0.25) is 0 Å². The van der Waals surface area contributed by atoms with Gasteiger partial charge in [-0.25, -0.2) is 0 Å². The molecule has 16 heavy (non-hydrogen) atoms. The van der Waals surface area contributed by atoms with E-state index in [1.54, 1.807) is 13.8 Å². The van der Waals surface area contributed by atoms with Crippen LogP contribution in [-0.2, 0) is 0 Å². The maximum atomic E-state index is 9.60. The van der Waals surface area contributed by atoms with Crippen molar-refractivity contribution < 1.29 is 5.11 Å². The SMILES string of the molecule is CC[SiH](C#CC(C)(C)O)c1ccc(C)cc1. The Morgan fingerprint density at radius 3 is 2.25 bits per heavy atom. The first kappa shape index (κ1) is 13.0. The molecule has 1 N–H and O–H groups in total. The van der Waals surface area contributed by atoms with Crippen molar-refractivity contribution in [1.82, 2.24) is 0 Å². The highest BCUT2D eigenvalue weighted by atomic mass is 28.3. The Balaban J connectivity index is 2.90. The minimum atomic E-state index is -1.21. The number of aliphatic hydroxyl groups is 1. The Morgan fingerprint density at radius 1 is 1.25 bits per heavy atom. The minimum Gasteiger partial charge on any atom is -0.378 e. The summed E-state index contributed by atoms with van der Waals surface area (Å²) in [5.74, 6) is 2.95. The standard InChI is InChI=1S/C14H20OSi/c1-5-16(11-10-14(3,4)15)13-8-6-12(2)7-9-13/h6-9,15-16H,5H2,1-4H3. The van der Waals surface area contributed by atoms with Crippen molar-refractivity contribution in [2.75, 3.05) is 0 Å². The normalized spacial score (nSPS) is 12.8. The van der Waals surface area contributed by atoms with E-state index in [0.717, 1.165) is 6.04 Å². The van der Waals surface area contributed by atoms with E-state index in [1.165, 1.54) is 10.8 Å². The van der Waals surface area contributed by atoms with Gasteiger partial charge in [0.2, 0.25) is 0 Å². The lowest BCUT2D eigenvalue weighted by Gasteiger charge is -2.10. The van der Waals surface area contributed by atoms with Crippen molar-refractivity contribution in [3.8, 4) is 11.5 Å². The molecule has 0 amide bonds.